The minimum Gasteiger partial charge on any atom is -0.426 e. The maximum atomic E-state index is 11.5. The second kappa shape index (κ2) is 4.38. The Morgan fingerprint density at radius 2 is 2.00 bits per heavy atom. The lowest BCUT2D eigenvalue weighted by Gasteiger charge is -2.32. The van der Waals surface area contributed by atoms with E-state index in [0.717, 1.165) is 6.26 Å². The predicted octanol–water partition coefficient (Wildman–Crippen LogP) is 2.27. The van der Waals surface area contributed by atoms with Crippen LogP contribution in [0.5, 0.6) is 11.5 Å². The van der Waals surface area contributed by atoms with E-state index in [9.17, 15) is 13.2 Å². The molecule has 1 aromatic rings. The molecule has 0 saturated carbocycles. The molecule has 0 saturated heterocycles. The van der Waals surface area contributed by atoms with Gasteiger partial charge in [0.15, 0.2) is 5.75 Å². The molecule has 7 heteroatoms. The molecule has 1 aliphatic heterocycles. The number of carbonyl (C=O) groups excluding carboxylic acids is 1. The Hall–Kier alpha value is -1.27. The molecular weight excluding hydrogens is 292 g/mol. The van der Waals surface area contributed by atoms with Crippen molar-refractivity contribution in [1.82, 2.24) is 0 Å². The van der Waals surface area contributed by atoms with Gasteiger partial charge in [-0.25, -0.2) is 0 Å². The highest BCUT2D eigenvalue weighted by atomic mass is 35.5. The van der Waals surface area contributed by atoms with E-state index in [0.29, 0.717) is 11.3 Å². The SMILES string of the molecule is CC1(C)CC(=O)Oc2ccc(OS(C)(=O)=O)c(Cl)c21. The highest BCUT2D eigenvalue weighted by Gasteiger charge is 2.37. The largest absolute Gasteiger partial charge is 0.426 e. The van der Waals surface area contributed by atoms with Crippen LogP contribution < -0.4 is 8.92 Å². The average Bonchev–Trinajstić information content (AvgIpc) is 2.18. The van der Waals surface area contributed by atoms with Crippen LogP contribution in [-0.4, -0.2) is 20.6 Å². The van der Waals surface area contributed by atoms with E-state index in [1.54, 1.807) is 0 Å². The Labute approximate surface area is 116 Å². The lowest BCUT2D eigenvalue weighted by atomic mass is 9.79. The summed E-state index contributed by atoms with van der Waals surface area (Å²) in [7, 11) is -3.67. The third-order valence-electron chi connectivity index (χ3n) is 2.80. The summed E-state index contributed by atoms with van der Waals surface area (Å²) in [6.45, 7) is 3.67. The Morgan fingerprint density at radius 1 is 1.37 bits per heavy atom. The van der Waals surface area contributed by atoms with Crippen LogP contribution in [-0.2, 0) is 20.3 Å². The second-order valence-electron chi connectivity index (χ2n) is 5.07. The molecule has 0 bridgehead atoms. The zero-order valence-electron chi connectivity index (χ0n) is 10.7. The molecule has 2 rings (SSSR count). The first-order chi connectivity index (χ1) is 8.60. The minimum absolute atomic E-state index is 0.0361. The van der Waals surface area contributed by atoms with Gasteiger partial charge in [-0.15, -0.1) is 0 Å². The average molecular weight is 305 g/mol. The van der Waals surface area contributed by atoms with Gasteiger partial charge in [0.1, 0.15) is 5.75 Å². The van der Waals surface area contributed by atoms with E-state index < -0.39 is 15.5 Å². The molecule has 0 aromatic heterocycles. The van der Waals surface area contributed by atoms with Gasteiger partial charge in [-0.05, 0) is 12.1 Å². The molecule has 1 aromatic carbocycles. The van der Waals surface area contributed by atoms with Crippen LogP contribution in [0.1, 0.15) is 25.8 Å². The van der Waals surface area contributed by atoms with Gasteiger partial charge in [-0.3, -0.25) is 4.79 Å². The van der Waals surface area contributed by atoms with E-state index in [4.69, 9.17) is 20.5 Å². The van der Waals surface area contributed by atoms with Gasteiger partial charge in [-0.2, -0.15) is 8.42 Å². The van der Waals surface area contributed by atoms with Crippen molar-refractivity contribution in [2.45, 2.75) is 25.7 Å². The third kappa shape index (κ3) is 2.84. The van der Waals surface area contributed by atoms with Crippen molar-refractivity contribution in [3.63, 3.8) is 0 Å². The maximum Gasteiger partial charge on any atom is 0.312 e. The summed E-state index contributed by atoms with van der Waals surface area (Å²) in [6, 6.07) is 2.86. The summed E-state index contributed by atoms with van der Waals surface area (Å²) in [5, 5.41) is 0.153. The number of halogens is 1. The molecule has 0 amide bonds. The Kier molecular flexibility index (Phi) is 3.26. The van der Waals surface area contributed by atoms with E-state index in [1.165, 1.54) is 12.1 Å². The summed E-state index contributed by atoms with van der Waals surface area (Å²) in [5.41, 5.74) is 0.0356. The third-order valence-corrected chi connectivity index (χ3v) is 3.65. The van der Waals surface area contributed by atoms with Crippen LogP contribution in [0.15, 0.2) is 12.1 Å². The van der Waals surface area contributed by atoms with Gasteiger partial charge in [0.05, 0.1) is 17.7 Å². The molecule has 104 valence electrons. The van der Waals surface area contributed by atoms with E-state index >= 15 is 0 Å². The van der Waals surface area contributed by atoms with E-state index in [1.807, 2.05) is 13.8 Å². The molecule has 5 nitrogen and oxygen atoms in total. The van der Waals surface area contributed by atoms with Crippen molar-refractivity contribution >= 4 is 27.7 Å². The summed E-state index contributed by atoms with van der Waals surface area (Å²) in [5.74, 6) is 0.0337. The number of hydrogen-bond donors (Lipinski definition) is 0. The predicted molar refractivity (Wildman–Crippen MR) is 70.2 cm³/mol. The molecule has 0 N–H and O–H groups in total. The number of esters is 1. The Bertz CT molecular complexity index is 648. The molecule has 19 heavy (non-hydrogen) atoms. The lowest BCUT2D eigenvalue weighted by Crippen LogP contribution is -2.31. The van der Waals surface area contributed by atoms with Crippen LogP contribution in [0.4, 0.5) is 0 Å². The van der Waals surface area contributed by atoms with E-state index in [2.05, 4.69) is 0 Å². The Balaban J connectivity index is 2.59. The van der Waals surface area contributed by atoms with Gasteiger partial charge in [0.25, 0.3) is 0 Å². The highest BCUT2D eigenvalue weighted by molar-refractivity contribution is 7.86. The first-order valence-electron chi connectivity index (χ1n) is 5.53. The first-order valence-corrected chi connectivity index (χ1v) is 7.73. The minimum atomic E-state index is -3.67. The number of hydrogen-bond acceptors (Lipinski definition) is 5. The first kappa shape index (κ1) is 14.1. The quantitative estimate of drug-likeness (QED) is 0.476. The van der Waals surface area contributed by atoms with Crippen LogP contribution in [0.25, 0.3) is 0 Å². The molecular formula is C12H13ClO5S. The maximum absolute atomic E-state index is 11.5. The van der Waals surface area contributed by atoms with Crippen molar-refractivity contribution in [1.29, 1.82) is 0 Å². The van der Waals surface area contributed by atoms with Crippen LogP contribution in [0.2, 0.25) is 5.02 Å². The number of carbonyl (C=O) groups is 1. The van der Waals surface area contributed by atoms with Crippen LogP contribution in [0, 0.1) is 0 Å². The van der Waals surface area contributed by atoms with Crippen LogP contribution >= 0.6 is 11.6 Å². The standard InChI is InChI=1S/C12H13ClO5S/c1-12(2)6-9(14)17-7-4-5-8(11(13)10(7)12)18-19(3,15)16/h4-5H,6H2,1-3H3. The zero-order valence-corrected chi connectivity index (χ0v) is 12.3. The van der Waals surface area contributed by atoms with Crippen molar-refractivity contribution in [2.24, 2.45) is 0 Å². The van der Waals surface area contributed by atoms with Crippen molar-refractivity contribution in [3.05, 3.63) is 22.7 Å². The smallest absolute Gasteiger partial charge is 0.312 e. The lowest BCUT2D eigenvalue weighted by molar-refractivity contribution is -0.136. The van der Waals surface area contributed by atoms with Gasteiger partial charge in [-0.1, -0.05) is 25.4 Å². The fourth-order valence-corrected chi connectivity index (χ4v) is 3.05. The molecule has 0 fully saturated rings. The molecule has 0 unspecified atom stereocenters. The fourth-order valence-electron chi connectivity index (χ4n) is 2.09. The summed E-state index contributed by atoms with van der Waals surface area (Å²) in [6.07, 6.45) is 1.11. The topological polar surface area (TPSA) is 69.7 Å². The normalized spacial score (nSPS) is 17.6. The summed E-state index contributed by atoms with van der Waals surface area (Å²) in [4.78, 5) is 11.5. The van der Waals surface area contributed by atoms with Crippen molar-refractivity contribution in [2.75, 3.05) is 6.26 Å². The molecule has 0 aliphatic carbocycles. The molecule has 0 radical (unpaired) electrons. The van der Waals surface area contributed by atoms with Crippen molar-refractivity contribution in [3.8, 4) is 11.5 Å². The summed E-state index contributed by atoms with van der Waals surface area (Å²) >= 11 is 6.18. The number of benzene rings is 1. The fraction of sp³-hybridized carbons (Fsp3) is 0.417. The molecule has 1 heterocycles. The summed E-state index contributed by atoms with van der Waals surface area (Å²) < 4.78 is 32.3. The Morgan fingerprint density at radius 3 is 2.58 bits per heavy atom. The molecule has 1 aliphatic rings. The van der Waals surface area contributed by atoms with Gasteiger partial charge >= 0.3 is 16.1 Å². The van der Waals surface area contributed by atoms with Gasteiger partial charge in [0.2, 0.25) is 0 Å². The molecule has 0 spiro atoms. The monoisotopic (exact) mass is 304 g/mol. The van der Waals surface area contributed by atoms with Gasteiger partial charge in [0, 0.05) is 11.0 Å². The number of ether oxygens (including phenoxy) is 1. The highest BCUT2D eigenvalue weighted by Crippen LogP contribution is 2.46. The molecule has 0 atom stereocenters. The van der Waals surface area contributed by atoms with Crippen molar-refractivity contribution < 1.29 is 22.1 Å². The van der Waals surface area contributed by atoms with Crippen LogP contribution in [0.3, 0.4) is 0 Å². The van der Waals surface area contributed by atoms with E-state index in [-0.39, 0.29) is 23.2 Å². The van der Waals surface area contributed by atoms with Gasteiger partial charge < -0.3 is 8.92 Å². The number of fused-ring (bicyclic) bond motifs is 1. The number of rotatable bonds is 2. The zero-order chi connectivity index (χ0) is 14.4. The second-order valence-corrected chi connectivity index (χ2v) is 7.03.